The molecule has 4 saturated carbocycles. The number of carbonyl (C=O) groups excluding carboxylic acids is 3. The zero-order chi connectivity index (χ0) is 20.3. The summed E-state index contributed by atoms with van der Waals surface area (Å²) in [6.45, 7) is 2.05. The average molecular weight is 407 g/mol. The quantitative estimate of drug-likeness (QED) is 0.671. The van der Waals surface area contributed by atoms with Gasteiger partial charge < -0.3 is 0 Å². The first-order valence-electron chi connectivity index (χ1n) is 10.5. The molecule has 0 radical (unpaired) electrons. The Bertz CT molecular complexity index is 1020. The zero-order valence-corrected chi connectivity index (χ0v) is 17.1. The molecule has 2 aromatic carbocycles. The van der Waals surface area contributed by atoms with Crippen LogP contribution in [0.3, 0.4) is 0 Å². The monoisotopic (exact) mass is 406 g/mol. The number of Topliss-reactive ketones (excluding diaryl/α,β-unsaturated/α-hetero) is 3. The predicted octanol–water partition coefficient (Wildman–Crippen LogP) is 5.04. The van der Waals surface area contributed by atoms with E-state index in [4.69, 9.17) is 11.6 Å². The molecule has 2 aromatic rings. The summed E-state index contributed by atoms with van der Waals surface area (Å²) >= 11 is 6.02. The SMILES string of the molecule is CCc1ccc(-c2ccc(Cl)cc2)cc1C1C(=O)[C@@H]2[C@@H]3CC[C@@H](C(=O)C3)[C@@H]2C1=O. The minimum absolute atomic E-state index is 0.0225. The van der Waals surface area contributed by atoms with Crippen LogP contribution in [0.2, 0.25) is 5.02 Å². The average Bonchev–Trinajstić information content (AvgIpc) is 3.00. The lowest BCUT2D eigenvalue weighted by molar-refractivity contribution is -0.143. The van der Waals surface area contributed by atoms with Gasteiger partial charge in [-0.3, -0.25) is 14.4 Å². The fourth-order valence-electron chi connectivity index (χ4n) is 5.92. The van der Waals surface area contributed by atoms with E-state index in [9.17, 15) is 14.4 Å². The van der Waals surface area contributed by atoms with E-state index in [0.29, 0.717) is 11.4 Å². The van der Waals surface area contributed by atoms with E-state index in [2.05, 4.69) is 0 Å². The van der Waals surface area contributed by atoms with Crippen LogP contribution in [0.4, 0.5) is 0 Å². The number of aryl methyl sites for hydroxylation is 1. The van der Waals surface area contributed by atoms with Gasteiger partial charge in [-0.05, 0) is 65.6 Å². The lowest BCUT2D eigenvalue weighted by Gasteiger charge is -2.42. The van der Waals surface area contributed by atoms with Crippen molar-refractivity contribution in [2.45, 2.75) is 38.5 Å². The Morgan fingerprint density at radius 2 is 1.59 bits per heavy atom. The maximum atomic E-state index is 13.5. The number of benzene rings is 2. The molecule has 0 spiro atoms. The van der Waals surface area contributed by atoms with Crippen molar-refractivity contribution < 1.29 is 14.4 Å². The third-order valence-electron chi connectivity index (χ3n) is 7.30. The Labute approximate surface area is 175 Å². The smallest absolute Gasteiger partial charge is 0.152 e. The molecule has 0 saturated heterocycles. The van der Waals surface area contributed by atoms with E-state index < -0.39 is 11.8 Å². The van der Waals surface area contributed by atoms with Gasteiger partial charge in [-0.1, -0.05) is 42.8 Å². The molecule has 4 aliphatic rings. The molecular formula is C25H23ClO3. The van der Waals surface area contributed by atoms with Crippen LogP contribution in [-0.4, -0.2) is 17.3 Å². The molecule has 0 amide bonds. The second-order valence-corrected chi connectivity index (χ2v) is 9.11. The molecule has 0 aliphatic heterocycles. The van der Waals surface area contributed by atoms with Crippen LogP contribution in [0.5, 0.6) is 0 Å². The van der Waals surface area contributed by atoms with Crippen LogP contribution in [0.25, 0.3) is 11.1 Å². The molecule has 5 atom stereocenters. The van der Waals surface area contributed by atoms with Gasteiger partial charge in [0.15, 0.2) is 11.6 Å². The minimum atomic E-state index is -0.721. The van der Waals surface area contributed by atoms with E-state index in [1.807, 2.05) is 49.4 Å². The fourth-order valence-corrected chi connectivity index (χ4v) is 6.05. The Hall–Kier alpha value is -2.26. The maximum absolute atomic E-state index is 13.5. The molecular weight excluding hydrogens is 384 g/mol. The Morgan fingerprint density at radius 3 is 2.28 bits per heavy atom. The fraction of sp³-hybridized carbons (Fsp3) is 0.400. The Kier molecular flexibility index (Phi) is 4.47. The predicted molar refractivity (Wildman–Crippen MR) is 112 cm³/mol. The number of carbonyl (C=O) groups is 3. The normalized spacial score (nSPS) is 30.7. The van der Waals surface area contributed by atoms with E-state index in [0.717, 1.165) is 41.5 Å². The highest BCUT2D eigenvalue weighted by atomic mass is 35.5. The third-order valence-corrected chi connectivity index (χ3v) is 7.55. The summed E-state index contributed by atoms with van der Waals surface area (Å²) < 4.78 is 0. The van der Waals surface area contributed by atoms with Crippen LogP contribution >= 0.6 is 11.6 Å². The van der Waals surface area contributed by atoms with Crippen molar-refractivity contribution in [2.75, 3.05) is 0 Å². The van der Waals surface area contributed by atoms with Crippen molar-refractivity contribution in [3.63, 3.8) is 0 Å². The van der Waals surface area contributed by atoms with Crippen LogP contribution in [-0.2, 0) is 20.8 Å². The van der Waals surface area contributed by atoms with Gasteiger partial charge >= 0.3 is 0 Å². The molecule has 4 aliphatic carbocycles. The third kappa shape index (κ3) is 2.82. The highest BCUT2D eigenvalue weighted by Gasteiger charge is 2.61. The number of hydrogen-bond acceptors (Lipinski definition) is 3. The molecule has 2 bridgehead atoms. The van der Waals surface area contributed by atoms with Crippen LogP contribution in [0, 0.1) is 23.7 Å². The summed E-state index contributed by atoms with van der Waals surface area (Å²) in [4.78, 5) is 39.3. The number of halogens is 1. The van der Waals surface area contributed by atoms with Crippen LogP contribution in [0.1, 0.15) is 43.2 Å². The van der Waals surface area contributed by atoms with Crippen molar-refractivity contribution >= 4 is 29.0 Å². The molecule has 6 rings (SSSR count). The van der Waals surface area contributed by atoms with Gasteiger partial charge in [-0.15, -0.1) is 0 Å². The summed E-state index contributed by atoms with van der Waals surface area (Å²) in [5.41, 5.74) is 3.84. The van der Waals surface area contributed by atoms with Crippen molar-refractivity contribution in [1.29, 1.82) is 0 Å². The second kappa shape index (κ2) is 6.91. The summed E-state index contributed by atoms with van der Waals surface area (Å²) in [6, 6.07) is 13.6. The number of hydrogen-bond donors (Lipinski definition) is 0. The minimum Gasteiger partial charge on any atom is -0.299 e. The summed E-state index contributed by atoms with van der Waals surface area (Å²) in [6.07, 6.45) is 2.90. The second-order valence-electron chi connectivity index (χ2n) is 8.68. The van der Waals surface area contributed by atoms with Crippen molar-refractivity contribution in [1.82, 2.24) is 0 Å². The molecule has 1 unspecified atom stereocenters. The van der Waals surface area contributed by atoms with Crippen molar-refractivity contribution in [2.24, 2.45) is 23.7 Å². The van der Waals surface area contributed by atoms with Crippen molar-refractivity contribution in [3.8, 4) is 11.1 Å². The standard InChI is InChI=1S/C25H23ClO3/c1-2-13-3-4-15(14-5-8-17(26)9-6-14)11-19(13)23-24(28)21-16-7-10-18(20(27)12-16)22(21)25(23)29/h3-6,8-9,11,16,18,21-23H,2,7,10,12H2,1H3/t16-,18+,21-,22+,23?/m1/s1. The Balaban J connectivity index is 1.59. The van der Waals surface area contributed by atoms with E-state index >= 15 is 0 Å². The van der Waals surface area contributed by atoms with Gasteiger partial charge in [0.1, 0.15) is 11.7 Å². The molecule has 29 heavy (non-hydrogen) atoms. The molecule has 0 heterocycles. The van der Waals surface area contributed by atoms with Crippen molar-refractivity contribution in [3.05, 3.63) is 58.6 Å². The van der Waals surface area contributed by atoms with E-state index in [-0.39, 0.29) is 35.1 Å². The number of rotatable bonds is 3. The number of ketones is 3. The highest BCUT2D eigenvalue weighted by molar-refractivity contribution is 6.30. The zero-order valence-electron chi connectivity index (χ0n) is 16.4. The van der Waals surface area contributed by atoms with Gasteiger partial charge in [0.05, 0.1) is 0 Å². The molecule has 148 valence electrons. The first kappa shape index (κ1) is 18.7. The summed E-state index contributed by atoms with van der Waals surface area (Å²) in [7, 11) is 0. The van der Waals surface area contributed by atoms with Crippen LogP contribution in [0.15, 0.2) is 42.5 Å². The largest absolute Gasteiger partial charge is 0.299 e. The van der Waals surface area contributed by atoms with E-state index in [1.165, 1.54) is 0 Å². The first-order valence-corrected chi connectivity index (χ1v) is 10.9. The topological polar surface area (TPSA) is 51.2 Å². The van der Waals surface area contributed by atoms with Gasteiger partial charge in [0.2, 0.25) is 0 Å². The molecule has 4 fully saturated rings. The lowest BCUT2D eigenvalue weighted by Crippen LogP contribution is -2.46. The van der Waals surface area contributed by atoms with Gasteiger partial charge in [0, 0.05) is 29.2 Å². The van der Waals surface area contributed by atoms with E-state index in [1.54, 1.807) is 0 Å². The van der Waals surface area contributed by atoms with Gasteiger partial charge in [-0.2, -0.15) is 0 Å². The van der Waals surface area contributed by atoms with Gasteiger partial charge in [0.25, 0.3) is 0 Å². The molecule has 0 N–H and O–H groups in total. The number of fused-ring (bicyclic) bond motifs is 2. The molecule has 4 heteroatoms. The molecule has 3 nitrogen and oxygen atoms in total. The van der Waals surface area contributed by atoms with Crippen LogP contribution < -0.4 is 0 Å². The lowest BCUT2D eigenvalue weighted by atomic mass is 9.59. The van der Waals surface area contributed by atoms with Gasteiger partial charge in [-0.25, -0.2) is 0 Å². The Morgan fingerprint density at radius 1 is 0.897 bits per heavy atom. The summed E-state index contributed by atoms with van der Waals surface area (Å²) in [5.74, 6) is -1.34. The first-order chi connectivity index (χ1) is 14.0. The summed E-state index contributed by atoms with van der Waals surface area (Å²) in [5, 5.41) is 0.671. The molecule has 0 aromatic heterocycles. The maximum Gasteiger partial charge on any atom is 0.152 e. The highest BCUT2D eigenvalue weighted by Crippen LogP contribution is 2.55.